The van der Waals surface area contributed by atoms with Crippen LogP contribution < -0.4 is 10.6 Å². The monoisotopic (exact) mass is 325 g/mol. The van der Waals surface area contributed by atoms with Crippen molar-refractivity contribution in [3.8, 4) is 6.07 Å². The lowest BCUT2D eigenvalue weighted by Gasteiger charge is -2.11. The molecule has 0 atom stereocenters. The van der Waals surface area contributed by atoms with Crippen LogP contribution in [0.2, 0.25) is 0 Å². The summed E-state index contributed by atoms with van der Waals surface area (Å²) in [4.78, 5) is 11.6. The van der Waals surface area contributed by atoms with Gasteiger partial charge in [0.25, 0.3) is 0 Å². The molecule has 0 unspecified atom stereocenters. The molecule has 2 N–H and O–H groups in total. The average molecular weight is 325 g/mol. The number of hydrogen-bond acceptors (Lipinski definition) is 4. The van der Waals surface area contributed by atoms with Gasteiger partial charge in [0.15, 0.2) is 5.11 Å². The SMILES string of the molecule is CCOC(=O)c1ccc(NC(=S)Nc2ccccc2C#N)cc1. The van der Waals surface area contributed by atoms with Crippen LogP contribution in [0, 0.1) is 11.3 Å². The van der Waals surface area contributed by atoms with Crippen molar-refractivity contribution in [1.82, 2.24) is 0 Å². The van der Waals surface area contributed by atoms with E-state index in [4.69, 9.17) is 22.2 Å². The summed E-state index contributed by atoms with van der Waals surface area (Å²) < 4.78 is 4.93. The van der Waals surface area contributed by atoms with Crippen LogP contribution in [0.3, 0.4) is 0 Å². The van der Waals surface area contributed by atoms with Crippen LogP contribution in [0.15, 0.2) is 48.5 Å². The van der Waals surface area contributed by atoms with Gasteiger partial charge in [0.2, 0.25) is 0 Å². The van der Waals surface area contributed by atoms with Gasteiger partial charge in [-0.15, -0.1) is 0 Å². The van der Waals surface area contributed by atoms with Crippen LogP contribution in [-0.2, 0) is 4.74 Å². The normalized spacial score (nSPS) is 9.57. The van der Waals surface area contributed by atoms with Gasteiger partial charge in [-0.1, -0.05) is 12.1 Å². The Morgan fingerprint density at radius 3 is 2.52 bits per heavy atom. The number of rotatable bonds is 4. The summed E-state index contributed by atoms with van der Waals surface area (Å²) in [6.45, 7) is 2.10. The molecule has 0 bridgehead atoms. The molecule has 2 aromatic carbocycles. The smallest absolute Gasteiger partial charge is 0.338 e. The molecule has 0 fully saturated rings. The van der Waals surface area contributed by atoms with E-state index < -0.39 is 0 Å². The first kappa shape index (κ1) is 16.5. The third-order valence-corrected chi connectivity index (χ3v) is 3.15. The molecular formula is C17H15N3O2S. The molecule has 0 amide bonds. The Labute approximate surface area is 139 Å². The standard InChI is InChI=1S/C17H15N3O2S/c1-2-22-16(21)12-7-9-14(10-8-12)19-17(23)20-15-6-4-3-5-13(15)11-18/h3-10H,2H2,1H3,(H2,19,20,23). The minimum absolute atomic E-state index is 0.338. The molecule has 0 saturated carbocycles. The second-order valence-electron chi connectivity index (χ2n) is 4.53. The maximum Gasteiger partial charge on any atom is 0.338 e. The Morgan fingerprint density at radius 1 is 1.17 bits per heavy atom. The van der Waals surface area contributed by atoms with Crippen LogP contribution in [0.5, 0.6) is 0 Å². The molecule has 5 nitrogen and oxygen atoms in total. The maximum atomic E-state index is 11.6. The minimum Gasteiger partial charge on any atom is -0.462 e. The Morgan fingerprint density at radius 2 is 1.87 bits per heavy atom. The van der Waals surface area contributed by atoms with Gasteiger partial charge in [-0.05, 0) is 55.5 Å². The third kappa shape index (κ3) is 4.53. The minimum atomic E-state index is -0.359. The Hall–Kier alpha value is -2.91. The number of ether oxygens (including phenoxy) is 1. The molecule has 23 heavy (non-hydrogen) atoms. The van der Waals surface area contributed by atoms with Gasteiger partial charge >= 0.3 is 5.97 Å². The number of hydrogen-bond donors (Lipinski definition) is 2. The van der Waals surface area contributed by atoms with E-state index >= 15 is 0 Å². The first-order valence-corrected chi connectivity index (χ1v) is 7.39. The fraction of sp³-hybridized carbons (Fsp3) is 0.118. The van der Waals surface area contributed by atoms with Crippen molar-refractivity contribution >= 4 is 34.7 Å². The average Bonchev–Trinajstić information content (AvgIpc) is 2.56. The molecule has 0 saturated heterocycles. The van der Waals surface area contributed by atoms with Gasteiger partial charge in [-0.3, -0.25) is 0 Å². The highest BCUT2D eigenvalue weighted by atomic mass is 32.1. The summed E-state index contributed by atoms with van der Waals surface area (Å²) in [5, 5.41) is 15.4. The van der Waals surface area contributed by atoms with Crippen molar-refractivity contribution < 1.29 is 9.53 Å². The van der Waals surface area contributed by atoms with Crippen molar-refractivity contribution in [2.75, 3.05) is 17.2 Å². The van der Waals surface area contributed by atoms with Crippen molar-refractivity contribution in [2.45, 2.75) is 6.92 Å². The Kier molecular flexibility index (Phi) is 5.67. The topological polar surface area (TPSA) is 74.2 Å². The van der Waals surface area contributed by atoms with Gasteiger partial charge < -0.3 is 15.4 Å². The summed E-state index contributed by atoms with van der Waals surface area (Å²) in [7, 11) is 0. The molecule has 116 valence electrons. The molecule has 0 radical (unpaired) electrons. The van der Waals surface area contributed by atoms with E-state index in [0.717, 1.165) is 5.69 Å². The molecule has 2 rings (SSSR count). The molecule has 0 heterocycles. The molecule has 0 aromatic heterocycles. The number of carbonyl (C=O) groups excluding carboxylic acids is 1. The number of anilines is 2. The van der Waals surface area contributed by atoms with Crippen molar-refractivity contribution in [3.05, 3.63) is 59.7 Å². The van der Waals surface area contributed by atoms with E-state index in [9.17, 15) is 4.79 Å². The van der Waals surface area contributed by atoms with E-state index in [-0.39, 0.29) is 5.97 Å². The Balaban J connectivity index is 2.00. The summed E-state index contributed by atoms with van der Waals surface area (Å²) in [5.41, 5.74) is 2.35. The van der Waals surface area contributed by atoms with E-state index in [1.54, 1.807) is 49.4 Å². The van der Waals surface area contributed by atoms with E-state index in [0.29, 0.717) is 28.5 Å². The van der Waals surface area contributed by atoms with Gasteiger partial charge in [-0.25, -0.2) is 4.79 Å². The predicted octanol–water partition coefficient (Wildman–Crippen LogP) is 3.54. The first-order valence-electron chi connectivity index (χ1n) is 6.98. The Bertz CT molecular complexity index is 751. The number of benzene rings is 2. The summed E-state index contributed by atoms with van der Waals surface area (Å²) in [5.74, 6) is -0.359. The van der Waals surface area contributed by atoms with Crippen LogP contribution in [-0.4, -0.2) is 17.7 Å². The number of nitrogens with zero attached hydrogens (tertiary/aromatic N) is 1. The molecule has 0 aliphatic heterocycles. The lowest BCUT2D eigenvalue weighted by molar-refractivity contribution is 0.0526. The van der Waals surface area contributed by atoms with E-state index in [2.05, 4.69) is 16.7 Å². The number of esters is 1. The second-order valence-corrected chi connectivity index (χ2v) is 4.94. The quantitative estimate of drug-likeness (QED) is 0.661. The van der Waals surface area contributed by atoms with Crippen molar-refractivity contribution in [3.63, 3.8) is 0 Å². The zero-order chi connectivity index (χ0) is 16.7. The second kappa shape index (κ2) is 7.92. The van der Waals surface area contributed by atoms with Crippen LogP contribution in [0.25, 0.3) is 0 Å². The number of nitriles is 1. The number of carbonyl (C=O) groups is 1. The molecule has 0 aliphatic carbocycles. The largest absolute Gasteiger partial charge is 0.462 e. The summed E-state index contributed by atoms with van der Waals surface area (Å²) >= 11 is 5.23. The number of para-hydroxylation sites is 1. The zero-order valence-corrected chi connectivity index (χ0v) is 13.3. The molecule has 6 heteroatoms. The van der Waals surface area contributed by atoms with Gasteiger partial charge in [0.05, 0.1) is 23.4 Å². The van der Waals surface area contributed by atoms with E-state index in [1.807, 2.05) is 6.07 Å². The van der Waals surface area contributed by atoms with Crippen LogP contribution >= 0.6 is 12.2 Å². The van der Waals surface area contributed by atoms with Gasteiger partial charge in [0.1, 0.15) is 6.07 Å². The van der Waals surface area contributed by atoms with E-state index in [1.165, 1.54) is 0 Å². The fourth-order valence-electron chi connectivity index (χ4n) is 1.88. The zero-order valence-electron chi connectivity index (χ0n) is 12.5. The first-order chi connectivity index (χ1) is 11.1. The molecule has 0 spiro atoms. The van der Waals surface area contributed by atoms with Gasteiger partial charge in [0, 0.05) is 5.69 Å². The lowest BCUT2D eigenvalue weighted by Crippen LogP contribution is -2.19. The highest BCUT2D eigenvalue weighted by molar-refractivity contribution is 7.80. The molecule has 2 aromatic rings. The van der Waals surface area contributed by atoms with Crippen molar-refractivity contribution in [1.29, 1.82) is 5.26 Å². The highest BCUT2D eigenvalue weighted by Crippen LogP contribution is 2.15. The predicted molar refractivity (Wildman–Crippen MR) is 93.4 cm³/mol. The van der Waals surface area contributed by atoms with Crippen molar-refractivity contribution in [2.24, 2.45) is 0 Å². The summed E-state index contributed by atoms with van der Waals surface area (Å²) in [6, 6.07) is 16.0. The third-order valence-electron chi connectivity index (χ3n) is 2.95. The molecular weight excluding hydrogens is 310 g/mol. The maximum absolute atomic E-state index is 11.6. The van der Waals surface area contributed by atoms with Crippen LogP contribution in [0.4, 0.5) is 11.4 Å². The summed E-state index contributed by atoms with van der Waals surface area (Å²) in [6.07, 6.45) is 0. The lowest BCUT2D eigenvalue weighted by atomic mass is 10.2. The fourth-order valence-corrected chi connectivity index (χ4v) is 2.11. The number of nitrogens with one attached hydrogen (secondary N) is 2. The van der Waals surface area contributed by atoms with Gasteiger partial charge in [-0.2, -0.15) is 5.26 Å². The molecule has 0 aliphatic rings. The number of thiocarbonyl (C=S) groups is 1. The highest BCUT2D eigenvalue weighted by Gasteiger charge is 2.07. The van der Waals surface area contributed by atoms with Crippen LogP contribution in [0.1, 0.15) is 22.8 Å².